The van der Waals surface area contributed by atoms with E-state index >= 15 is 0 Å². The summed E-state index contributed by atoms with van der Waals surface area (Å²) in [6.45, 7) is 5.54. The Morgan fingerprint density at radius 2 is 2.12 bits per heavy atom. The van der Waals surface area contributed by atoms with E-state index in [0.29, 0.717) is 31.2 Å². The van der Waals surface area contributed by atoms with Gasteiger partial charge in [0.15, 0.2) is 0 Å². The standard InChI is InChI=1S/C13H21N3O/c1-9-10(2)15-16-13(9)11-4-3-5-12(8-11)17-7-6-14/h3-5,8-10,13,15-16H,6-7,14H2,1-2H3. The van der Waals surface area contributed by atoms with Crippen LogP contribution in [0.4, 0.5) is 0 Å². The summed E-state index contributed by atoms with van der Waals surface area (Å²) < 4.78 is 5.54. The van der Waals surface area contributed by atoms with Crippen molar-refractivity contribution in [2.75, 3.05) is 13.2 Å². The van der Waals surface area contributed by atoms with Crippen molar-refractivity contribution in [2.45, 2.75) is 25.9 Å². The Hall–Kier alpha value is -1.10. The number of hydrazine groups is 1. The highest BCUT2D eigenvalue weighted by Gasteiger charge is 2.30. The summed E-state index contributed by atoms with van der Waals surface area (Å²) >= 11 is 0. The van der Waals surface area contributed by atoms with Crippen molar-refractivity contribution in [2.24, 2.45) is 11.7 Å². The van der Waals surface area contributed by atoms with Crippen molar-refractivity contribution >= 4 is 0 Å². The Bertz CT molecular complexity index is 369. The Morgan fingerprint density at radius 3 is 2.76 bits per heavy atom. The molecule has 3 unspecified atom stereocenters. The van der Waals surface area contributed by atoms with Gasteiger partial charge < -0.3 is 10.5 Å². The molecular formula is C13H21N3O. The lowest BCUT2D eigenvalue weighted by molar-refractivity contribution is 0.327. The number of nitrogens with two attached hydrogens (primary N) is 1. The van der Waals surface area contributed by atoms with Crippen LogP contribution in [0.5, 0.6) is 5.75 Å². The molecule has 1 saturated heterocycles. The molecule has 4 heteroatoms. The topological polar surface area (TPSA) is 59.3 Å². The number of hydrogen-bond acceptors (Lipinski definition) is 4. The summed E-state index contributed by atoms with van der Waals surface area (Å²) in [4.78, 5) is 0. The van der Waals surface area contributed by atoms with Crippen LogP contribution >= 0.6 is 0 Å². The summed E-state index contributed by atoms with van der Waals surface area (Å²) in [6, 6.07) is 9.03. The average molecular weight is 235 g/mol. The summed E-state index contributed by atoms with van der Waals surface area (Å²) in [5, 5.41) is 0. The normalized spacial score (nSPS) is 28.3. The van der Waals surface area contributed by atoms with E-state index < -0.39 is 0 Å². The minimum Gasteiger partial charge on any atom is -0.492 e. The molecule has 1 aromatic carbocycles. The molecule has 17 heavy (non-hydrogen) atoms. The number of hydrogen-bond donors (Lipinski definition) is 3. The van der Waals surface area contributed by atoms with Crippen molar-refractivity contribution < 1.29 is 4.74 Å². The molecule has 3 atom stereocenters. The van der Waals surface area contributed by atoms with Gasteiger partial charge in [0.25, 0.3) is 0 Å². The number of nitrogens with one attached hydrogen (secondary N) is 2. The van der Waals surface area contributed by atoms with E-state index in [1.165, 1.54) is 5.56 Å². The second kappa shape index (κ2) is 5.49. The second-order valence-electron chi connectivity index (χ2n) is 4.62. The summed E-state index contributed by atoms with van der Waals surface area (Å²) in [6.07, 6.45) is 0. The van der Waals surface area contributed by atoms with E-state index in [9.17, 15) is 0 Å². The van der Waals surface area contributed by atoms with Gasteiger partial charge in [-0.1, -0.05) is 19.1 Å². The van der Waals surface area contributed by atoms with Gasteiger partial charge in [-0.3, -0.25) is 5.43 Å². The van der Waals surface area contributed by atoms with Gasteiger partial charge in [-0.25, -0.2) is 5.43 Å². The summed E-state index contributed by atoms with van der Waals surface area (Å²) in [5.41, 5.74) is 13.3. The van der Waals surface area contributed by atoms with Crippen LogP contribution < -0.4 is 21.3 Å². The molecule has 4 N–H and O–H groups in total. The summed E-state index contributed by atoms with van der Waals surface area (Å²) in [5.74, 6) is 1.45. The monoisotopic (exact) mass is 235 g/mol. The number of ether oxygens (including phenoxy) is 1. The molecule has 0 aliphatic carbocycles. The first-order valence-electron chi connectivity index (χ1n) is 6.16. The largest absolute Gasteiger partial charge is 0.492 e. The van der Waals surface area contributed by atoms with Gasteiger partial charge in [0.2, 0.25) is 0 Å². The predicted molar refractivity (Wildman–Crippen MR) is 68.6 cm³/mol. The van der Waals surface area contributed by atoms with Crippen molar-refractivity contribution in [1.82, 2.24) is 10.9 Å². The zero-order chi connectivity index (χ0) is 12.3. The van der Waals surface area contributed by atoms with Crippen molar-refractivity contribution in [3.05, 3.63) is 29.8 Å². The fraction of sp³-hybridized carbons (Fsp3) is 0.538. The fourth-order valence-electron chi connectivity index (χ4n) is 2.13. The second-order valence-corrected chi connectivity index (χ2v) is 4.62. The maximum absolute atomic E-state index is 5.54. The first kappa shape index (κ1) is 12.4. The molecule has 0 radical (unpaired) electrons. The summed E-state index contributed by atoms with van der Waals surface area (Å²) in [7, 11) is 0. The van der Waals surface area contributed by atoms with Crippen molar-refractivity contribution in [1.29, 1.82) is 0 Å². The third-order valence-electron chi connectivity index (χ3n) is 3.38. The van der Waals surface area contributed by atoms with Crippen LogP contribution in [0.3, 0.4) is 0 Å². The highest BCUT2D eigenvalue weighted by molar-refractivity contribution is 5.31. The van der Waals surface area contributed by atoms with Gasteiger partial charge in [0, 0.05) is 12.6 Å². The van der Waals surface area contributed by atoms with E-state index in [1.54, 1.807) is 0 Å². The molecular weight excluding hydrogens is 214 g/mol. The average Bonchev–Trinajstić information content (AvgIpc) is 2.68. The van der Waals surface area contributed by atoms with Gasteiger partial charge in [0.1, 0.15) is 12.4 Å². The third-order valence-corrected chi connectivity index (χ3v) is 3.38. The van der Waals surface area contributed by atoms with E-state index in [-0.39, 0.29) is 0 Å². The number of benzene rings is 1. The van der Waals surface area contributed by atoms with Crippen LogP contribution in [0.2, 0.25) is 0 Å². The third kappa shape index (κ3) is 2.77. The smallest absolute Gasteiger partial charge is 0.119 e. The molecule has 0 aromatic heterocycles. The Morgan fingerprint density at radius 1 is 1.29 bits per heavy atom. The van der Waals surface area contributed by atoms with E-state index in [1.807, 2.05) is 12.1 Å². The maximum atomic E-state index is 5.54. The maximum Gasteiger partial charge on any atom is 0.119 e. The highest BCUT2D eigenvalue weighted by atomic mass is 16.5. The van der Waals surface area contributed by atoms with Crippen molar-refractivity contribution in [3.63, 3.8) is 0 Å². The van der Waals surface area contributed by atoms with Crippen LogP contribution in [-0.2, 0) is 0 Å². The van der Waals surface area contributed by atoms with Crippen LogP contribution in [0.1, 0.15) is 25.5 Å². The molecule has 1 heterocycles. The lowest BCUT2D eigenvalue weighted by atomic mass is 9.92. The lowest BCUT2D eigenvalue weighted by Crippen LogP contribution is -2.29. The van der Waals surface area contributed by atoms with Gasteiger partial charge in [0.05, 0.1) is 6.04 Å². The van der Waals surface area contributed by atoms with Crippen LogP contribution in [0.25, 0.3) is 0 Å². The molecule has 1 aromatic rings. The quantitative estimate of drug-likeness (QED) is 0.734. The molecule has 4 nitrogen and oxygen atoms in total. The lowest BCUT2D eigenvalue weighted by Gasteiger charge is -2.17. The highest BCUT2D eigenvalue weighted by Crippen LogP contribution is 2.29. The van der Waals surface area contributed by atoms with Crippen LogP contribution in [0.15, 0.2) is 24.3 Å². The molecule has 0 amide bonds. The number of rotatable bonds is 4. The zero-order valence-electron chi connectivity index (χ0n) is 10.4. The van der Waals surface area contributed by atoms with E-state index in [4.69, 9.17) is 10.5 Å². The van der Waals surface area contributed by atoms with E-state index in [0.717, 1.165) is 5.75 Å². The molecule has 0 saturated carbocycles. The molecule has 1 aliphatic rings. The molecule has 94 valence electrons. The van der Waals surface area contributed by atoms with Crippen LogP contribution in [0, 0.1) is 5.92 Å². The molecule has 0 spiro atoms. The minimum absolute atomic E-state index is 0.339. The zero-order valence-corrected chi connectivity index (χ0v) is 10.4. The first-order valence-corrected chi connectivity index (χ1v) is 6.16. The van der Waals surface area contributed by atoms with Gasteiger partial charge >= 0.3 is 0 Å². The molecule has 0 bridgehead atoms. The Labute approximate surface area is 103 Å². The molecule has 1 fully saturated rings. The fourth-order valence-corrected chi connectivity index (χ4v) is 2.13. The van der Waals surface area contributed by atoms with E-state index in [2.05, 4.69) is 36.8 Å². The molecule has 1 aliphatic heterocycles. The Kier molecular flexibility index (Phi) is 3.99. The van der Waals surface area contributed by atoms with Gasteiger partial charge in [-0.15, -0.1) is 0 Å². The van der Waals surface area contributed by atoms with Crippen LogP contribution in [-0.4, -0.2) is 19.2 Å². The Balaban J connectivity index is 2.10. The van der Waals surface area contributed by atoms with Gasteiger partial charge in [-0.05, 0) is 30.5 Å². The van der Waals surface area contributed by atoms with Crippen molar-refractivity contribution in [3.8, 4) is 5.75 Å². The SMILES string of the molecule is CC1NNC(c2cccc(OCCN)c2)C1C. The first-order chi connectivity index (χ1) is 8.22. The predicted octanol–water partition coefficient (Wildman–Crippen LogP) is 1.20. The minimum atomic E-state index is 0.339. The van der Waals surface area contributed by atoms with Gasteiger partial charge in [-0.2, -0.15) is 0 Å². The molecule has 2 rings (SSSR count).